The molecule has 0 unspecified atom stereocenters. The lowest BCUT2D eigenvalue weighted by atomic mass is 10.2. The fraction of sp³-hybridized carbons (Fsp3) is 0.900. The van der Waals surface area contributed by atoms with Crippen molar-refractivity contribution in [1.82, 2.24) is 19.7 Å². The van der Waals surface area contributed by atoms with Crippen molar-refractivity contribution in [3.05, 3.63) is 0 Å². The molecule has 1 amide bonds. The normalized spacial score (nSPS) is 17.2. The summed E-state index contributed by atoms with van der Waals surface area (Å²) < 4.78 is 27.7. The molecule has 0 atom stereocenters. The molecule has 3 N–H and O–H groups in total. The van der Waals surface area contributed by atoms with Gasteiger partial charge in [0.05, 0.1) is 6.54 Å². The first-order valence-electron chi connectivity index (χ1n) is 6.13. The van der Waals surface area contributed by atoms with Gasteiger partial charge in [0, 0.05) is 32.7 Å². The van der Waals surface area contributed by atoms with Gasteiger partial charge in [-0.15, -0.1) is 0 Å². The highest BCUT2D eigenvalue weighted by atomic mass is 32.2. The summed E-state index contributed by atoms with van der Waals surface area (Å²) in [6.07, 6.45) is 0. The van der Waals surface area contributed by atoms with Crippen molar-refractivity contribution in [2.75, 3.05) is 39.3 Å². The minimum Gasteiger partial charge on any atom is -0.339 e. The van der Waals surface area contributed by atoms with Crippen LogP contribution in [0.4, 0.5) is 0 Å². The highest BCUT2D eigenvalue weighted by Gasteiger charge is 2.18. The summed E-state index contributed by atoms with van der Waals surface area (Å²) >= 11 is 0. The number of carbonyl (C=O) groups is 1. The molecular weight excluding hydrogens is 256 g/mol. The van der Waals surface area contributed by atoms with Gasteiger partial charge in [0.2, 0.25) is 5.91 Å². The Labute approximate surface area is 108 Å². The van der Waals surface area contributed by atoms with Crippen molar-refractivity contribution in [2.45, 2.75) is 13.8 Å². The number of nitrogens with zero attached hydrogens (tertiary/aromatic N) is 1. The summed E-state index contributed by atoms with van der Waals surface area (Å²) in [7, 11) is -3.57. The molecule has 0 aliphatic carbocycles. The number of nitrogens with one attached hydrogen (secondary N) is 3. The third-order valence-electron chi connectivity index (χ3n) is 2.56. The van der Waals surface area contributed by atoms with E-state index in [1.54, 1.807) is 4.90 Å². The molecule has 1 aliphatic rings. The van der Waals surface area contributed by atoms with E-state index >= 15 is 0 Å². The van der Waals surface area contributed by atoms with Gasteiger partial charge in [-0.3, -0.25) is 4.79 Å². The predicted molar refractivity (Wildman–Crippen MR) is 69.2 cm³/mol. The second kappa shape index (κ2) is 7.03. The molecule has 1 rings (SSSR count). The van der Waals surface area contributed by atoms with Crippen LogP contribution in [0.15, 0.2) is 0 Å². The molecule has 0 bridgehead atoms. The molecule has 0 radical (unpaired) electrons. The number of amides is 1. The summed E-state index contributed by atoms with van der Waals surface area (Å²) in [6.45, 7) is 6.75. The lowest BCUT2D eigenvalue weighted by molar-refractivity contribution is -0.130. The summed E-state index contributed by atoms with van der Waals surface area (Å²) in [6, 6.07) is 0. The number of piperazine rings is 1. The maximum absolute atomic E-state index is 11.7. The molecule has 0 aromatic heterocycles. The Bertz CT molecular complexity index is 363. The van der Waals surface area contributed by atoms with E-state index in [0.717, 1.165) is 13.1 Å². The first kappa shape index (κ1) is 15.4. The van der Waals surface area contributed by atoms with Crippen LogP contribution in [0.1, 0.15) is 13.8 Å². The summed E-state index contributed by atoms with van der Waals surface area (Å²) in [4.78, 5) is 13.4. The molecule has 0 saturated carbocycles. The van der Waals surface area contributed by atoms with E-state index in [0.29, 0.717) is 19.6 Å². The van der Waals surface area contributed by atoms with Gasteiger partial charge in [-0.25, -0.2) is 4.72 Å². The standard InChI is InChI=1S/C10H22N4O3S/c1-9(2)7-12-18(16,17)13-8-10(15)14-5-3-11-4-6-14/h9,11-13H,3-8H2,1-2H3. The van der Waals surface area contributed by atoms with Gasteiger partial charge in [-0.1, -0.05) is 13.8 Å². The largest absolute Gasteiger partial charge is 0.339 e. The number of hydrogen-bond acceptors (Lipinski definition) is 4. The Morgan fingerprint density at radius 3 is 2.44 bits per heavy atom. The second-order valence-electron chi connectivity index (χ2n) is 4.70. The quantitative estimate of drug-likeness (QED) is 0.551. The molecule has 0 aromatic carbocycles. The van der Waals surface area contributed by atoms with E-state index in [1.807, 2.05) is 13.8 Å². The van der Waals surface area contributed by atoms with Crippen molar-refractivity contribution < 1.29 is 13.2 Å². The monoisotopic (exact) mass is 278 g/mol. The van der Waals surface area contributed by atoms with Crippen LogP contribution in [0.25, 0.3) is 0 Å². The number of hydrogen-bond donors (Lipinski definition) is 3. The van der Waals surface area contributed by atoms with Gasteiger partial charge >= 0.3 is 0 Å². The lowest BCUT2D eigenvalue weighted by Crippen LogP contribution is -2.50. The van der Waals surface area contributed by atoms with Gasteiger partial charge < -0.3 is 10.2 Å². The molecule has 0 aromatic rings. The summed E-state index contributed by atoms with van der Waals surface area (Å²) in [5, 5.41) is 3.13. The topological polar surface area (TPSA) is 90.5 Å². The third-order valence-corrected chi connectivity index (χ3v) is 3.64. The van der Waals surface area contributed by atoms with Crippen LogP contribution in [0.2, 0.25) is 0 Å². The molecule has 0 spiro atoms. The average molecular weight is 278 g/mol. The molecule has 18 heavy (non-hydrogen) atoms. The Kier molecular flexibility index (Phi) is 6.00. The smallest absolute Gasteiger partial charge is 0.277 e. The van der Waals surface area contributed by atoms with Crippen LogP contribution in [0.5, 0.6) is 0 Å². The van der Waals surface area contributed by atoms with Gasteiger partial charge in [0.25, 0.3) is 10.2 Å². The van der Waals surface area contributed by atoms with Crippen LogP contribution in [-0.2, 0) is 15.0 Å². The molecule has 1 heterocycles. The molecular formula is C10H22N4O3S. The minimum absolute atomic E-state index is 0.187. The van der Waals surface area contributed by atoms with Gasteiger partial charge in [0.15, 0.2) is 0 Å². The molecule has 1 saturated heterocycles. The Hall–Kier alpha value is -0.700. The van der Waals surface area contributed by atoms with Crippen LogP contribution in [0, 0.1) is 5.92 Å². The van der Waals surface area contributed by atoms with Crippen LogP contribution in [-0.4, -0.2) is 58.5 Å². The first-order chi connectivity index (χ1) is 8.41. The molecule has 106 valence electrons. The van der Waals surface area contributed by atoms with Gasteiger partial charge in [-0.2, -0.15) is 13.1 Å². The van der Waals surface area contributed by atoms with Crippen LogP contribution >= 0.6 is 0 Å². The Morgan fingerprint density at radius 2 is 1.89 bits per heavy atom. The Morgan fingerprint density at radius 1 is 1.28 bits per heavy atom. The number of carbonyl (C=O) groups excluding carboxylic acids is 1. The van der Waals surface area contributed by atoms with E-state index in [2.05, 4.69) is 14.8 Å². The maximum atomic E-state index is 11.7. The van der Waals surface area contributed by atoms with Crippen molar-refractivity contribution in [2.24, 2.45) is 5.92 Å². The third kappa shape index (κ3) is 5.76. The first-order valence-corrected chi connectivity index (χ1v) is 7.62. The second-order valence-corrected chi connectivity index (χ2v) is 6.28. The van der Waals surface area contributed by atoms with Crippen molar-refractivity contribution >= 4 is 16.1 Å². The molecule has 1 fully saturated rings. The SMILES string of the molecule is CC(C)CNS(=O)(=O)NCC(=O)N1CCNCC1. The molecule has 7 nitrogen and oxygen atoms in total. The van der Waals surface area contributed by atoms with Crippen LogP contribution in [0.3, 0.4) is 0 Å². The maximum Gasteiger partial charge on any atom is 0.277 e. The summed E-state index contributed by atoms with van der Waals surface area (Å²) in [5.74, 6) is 0.0388. The van der Waals surface area contributed by atoms with Crippen LogP contribution < -0.4 is 14.8 Å². The predicted octanol–water partition coefficient (Wildman–Crippen LogP) is -1.50. The van der Waals surface area contributed by atoms with Crippen molar-refractivity contribution in [3.8, 4) is 0 Å². The van der Waals surface area contributed by atoms with E-state index in [1.165, 1.54) is 0 Å². The lowest BCUT2D eigenvalue weighted by Gasteiger charge is -2.27. The zero-order valence-electron chi connectivity index (χ0n) is 10.9. The van der Waals surface area contributed by atoms with Crippen molar-refractivity contribution in [1.29, 1.82) is 0 Å². The fourth-order valence-electron chi connectivity index (χ4n) is 1.51. The van der Waals surface area contributed by atoms with Gasteiger partial charge in [0.1, 0.15) is 0 Å². The average Bonchev–Trinajstić information content (AvgIpc) is 2.35. The highest BCUT2D eigenvalue weighted by molar-refractivity contribution is 7.87. The molecule has 1 aliphatic heterocycles. The van der Waals surface area contributed by atoms with E-state index in [-0.39, 0.29) is 18.4 Å². The summed E-state index contributed by atoms with van der Waals surface area (Å²) in [5.41, 5.74) is 0. The zero-order valence-corrected chi connectivity index (χ0v) is 11.7. The van der Waals surface area contributed by atoms with E-state index in [4.69, 9.17) is 0 Å². The highest BCUT2D eigenvalue weighted by Crippen LogP contribution is 1.93. The van der Waals surface area contributed by atoms with E-state index in [9.17, 15) is 13.2 Å². The fourth-order valence-corrected chi connectivity index (χ4v) is 2.48. The number of rotatable bonds is 6. The minimum atomic E-state index is -3.57. The van der Waals surface area contributed by atoms with Gasteiger partial charge in [-0.05, 0) is 5.92 Å². The Balaban J connectivity index is 2.32. The van der Waals surface area contributed by atoms with Crippen molar-refractivity contribution in [3.63, 3.8) is 0 Å². The molecule has 8 heteroatoms. The zero-order chi connectivity index (χ0) is 13.6. The van der Waals surface area contributed by atoms with E-state index < -0.39 is 10.2 Å².